The highest BCUT2D eigenvalue weighted by Crippen LogP contribution is 2.29. The monoisotopic (exact) mass is 396 g/mol. The van der Waals surface area contributed by atoms with Gasteiger partial charge in [-0.2, -0.15) is 10.4 Å². The van der Waals surface area contributed by atoms with Crippen LogP contribution in [0.25, 0.3) is 6.08 Å². The van der Waals surface area contributed by atoms with Crippen LogP contribution in [0.3, 0.4) is 0 Å². The number of amides is 1. The molecule has 0 spiro atoms. The smallest absolute Gasteiger partial charge is 0.266 e. The number of aromatic nitrogens is 2. The van der Waals surface area contributed by atoms with Gasteiger partial charge < -0.3 is 5.32 Å². The van der Waals surface area contributed by atoms with Gasteiger partial charge in [0.05, 0.1) is 28.5 Å². The minimum absolute atomic E-state index is 0.0645. The van der Waals surface area contributed by atoms with E-state index in [1.54, 1.807) is 35.3 Å². The van der Waals surface area contributed by atoms with Crippen LogP contribution < -0.4 is 5.32 Å². The molecule has 0 saturated carbocycles. The highest BCUT2D eigenvalue weighted by atomic mass is 35.5. The molecule has 2 aromatic carbocycles. The van der Waals surface area contributed by atoms with Crippen molar-refractivity contribution in [3.05, 3.63) is 87.7 Å². The maximum Gasteiger partial charge on any atom is 0.266 e. The molecule has 5 nitrogen and oxygen atoms in total. The molecule has 7 heteroatoms. The molecule has 0 radical (unpaired) electrons. The zero-order valence-corrected chi connectivity index (χ0v) is 15.6. The molecular weight excluding hydrogens is 383 g/mol. The van der Waals surface area contributed by atoms with E-state index in [1.807, 2.05) is 36.4 Å². The van der Waals surface area contributed by atoms with Crippen LogP contribution in [0.5, 0.6) is 0 Å². The third-order valence-electron chi connectivity index (χ3n) is 3.72. The molecule has 0 saturated heterocycles. The van der Waals surface area contributed by atoms with E-state index in [4.69, 9.17) is 23.2 Å². The van der Waals surface area contributed by atoms with E-state index in [-0.39, 0.29) is 10.6 Å². The second kappa shape index (κ2) is 8.54. The van der Waals surface area contributed by atoms with Crippen molar-refractivity contribution in [3.8, 4) is 6.07 Å². The maximum atomic E-state index is 12.4. The lowest BCUT2D eigenvalue weighted by Gasteiger charge is -2.07. The number of hydrogen-bond acceptors (Lipinski definition) is 3. The van der Waals surface area contributed by atoms with Crippen LogP contribution in [0.4, 0.5) is 5.69 Å². The SMILES string of the molecule is N#C/C(=C\c1cnn(Cc2ccccc2)c1)C(=O)Nc1cccc(Cl)c1Cl. The van der Waals surface area contributed by atoms with Crippen molar-refractivity contribution in [1.29, 1.82) is 5.26 Å². The lowest BCUT2D eigenvalue weighted by Crippen LogP contribution is -2.13. The van der Waals surface area contributed by atoms with E-state index in [1.165, 1.54) is 6.08 Å². The molecule has 1 N–H and O–H groups in total. The van der Waals surface area contributed by atoms with E-state index in [9.17, 15) is 10.1 Å². The normalized spacial score (nSPS) is 11.1. The fourth-order valence-electron chi connectivity index (χ4n) is 2.42. The fourth-order valence-corrected chi connectivity index (χ4v) is 2.76. The number of anilines is 1. The zero-order valence-electron chi connectivity index (χ0n) is 14.1. The standard InChI is InChI=1S/C20H14Cl2N4O/c21-17-7-4-8-18(19(17)22)25-20(27)16(10-23)9-15-11-24-26(13-15)12-14-5-2-1-3-6-14/h1-9,11,13H,12H2,(H,25,27)/b16-9+. The van der Waals surface area contributed by atoms with Gasteiger partial charge in [0.25, 0.3) is 5.91 Å². The predicted octanol–water partition coefficient (Wildman–Crippen LogP) is 4.78. The summed E-state index contributed by atoms with van der Waals surface area (Å²) >= 11 is 12.0. The maximum absolute atomic E-state index is 12.4. The largest absolute Gasteiger partial charge is 0.320 e. The number of hydrogen-bond donors (Lipinski definition) is 1. The van der Waals surface area contributed by atoms with E-state index in [0.29, 0.717) is 22.8 Å². The molecule has 0 bridgehead atoms. The third-order valence-corrected chi connectivity index (χ3v) is 4.54. The molecule has 0 unspecified atom stereocenters. The summed E-state index contributed by atoms with van der Waals surface area (Å²) in [5, 5.41) is 16.7. The number of halogens is 2. The van der Waals surface area contributed by atoms with Crippen LogP contribution in [0, 0.1) is 11.3 Å². The summed E-state index contributed by atoms with van der Waals surface area (Å²) in [4.78, 5) is 12.4. The molecule has 27 heavy (non-hydrogen) atoms. The number of carbonyl (C=O) groups excluding carboxylic acids is 1. The van der Waals surface area contributed by atoms with Crippen LogP contribution in [-0.2, 0) is 11.3 Å². The predicted molar refractivity (Wildman–Crippen MR) is 106 cm³/mol. The van der Waals surface area contributed by atoms with E-state index >= 15 is 0 Å². The number of rotatable bonds is 5. The molecule has 134 valence electrons. The fraction of sp³-hybridized carbons (Fsp3) is 0.0500. The number of benzene rings is 2. The number of nitriles is 1. The van der Waals surface area contributed by atoms with E-state index < -0.39 is 5.91 Å². The number of carbonyl (C=O) groups is 1. The molecule has 0 fully saturated rings. The van der Waals surface area contributed by atoms with Crippen LogP contribution >= 0.6 is 23.2 Å². The summed E-state index contributed by atoms with van der Waals surface area (Å²) in [7, 11) is 0. The second-order valence-electron chi connectivity index (χ2n) is 5.68. The van der Waals surface area contributed by atoms with Crippen molar-refractivity contribution in [1.82, 2.24) is 9.78 Å². The van der Waals surface area contributed by atoms with Gasteiger partial charge in [-0.1, -0.05) is 59.6 Å². The molecule has 1 heterocycles. The molecule has 3 aromatic rings. The minimum Gasteiger partial charge on any atom is -0.320 e. The van der Waals surface area contributed by atoms with Gasteiger partial charge in [0.15, 0.2) is 0 Å². The van der Waals surface area contributed by atoms with Crippen molar-refractivity contribution in [2.45, 2.75) is 6.54 Å². The summed E-state index contributed by atoms with van der Waals surface area (Å²) in [6.07, 6.45) is 4.84. The van der Waals surface area contributed by atoms with Crippen molar-refractivity contribution >= 4 is 40.9 Å². The number of nitrogens with zero attached hydrogens (tertiary/aromatic N) is 3. The Labute approximate surface area is 166 Å². The minimum atomic E-state index is -0.572. The molecule has 0 atom stereocenters. The van der Waals surface area contributed by atoms with Crippen LogP contribution in [-0.4, -0.2) is 15.7 Å². The first-order valence-electron chi connectivity index (χ1n) is 8.00. The summed E-state index contributed by atoms with van der Waals surface area (Å²) < 4.78 is 1.74. The van der Waals surface area contributed by atoms with Gasteiger partial charge in [0.1, 0.15) is 11.6 Å². The van der Waals surface area contributed by atoms with Gasteiger partial charge in [-0.3, -0.25) is 9.48 Å². The van der Waals surface area contributed by atoms with Crippen LogP contribution in [0.15, 0.2) is 66.5 Å². The average molecular weight is 397 g/mol. The van der Waals surface area contributed by atoms with Gasteiger partial charge in [-0.15, -0.1) is 0 Å². The van der Waals surface area contributed by atoms with Gasteiger partial charge in [-0.25, -0.2) is 0 Å². The zero-order chi connectivity index (χ0) is 19.2. The first kappa shape index (κ1) is 18.7. The summed E-state index contributed by atoms with van der Waals surface area (Å²) in [6.45, 7) is 0.598. The Bertz CT molecular complexity index is 1040. The summed E-state index contributed by atoms with van der Waals surface area (Å²) in [5.41, 5.74) is 2.03. The van der Waals surface area contributed by atoms with Gasteiger partial charge >= 0.3 is 0 Å². The van der Waals surface area contributed by atoms with Gasteiger partial charge in [0.2, 0.25) is 0 Å². The summed E-state index contributed by atoms with van der Waals surface area (Å²) in [6, 6.07) is 16.6. The Morgan fingerprint density at radius 3 is 2.70 bits per heavy atom. The first-order chi connectivity index (χ1) is 13.1. The molecule has 0 aliphatic heterocycles. The Morgan fingerprint density at radius 1 is 1.19 bits per heavy atom. The molecule has 0 aliphatic carbocycles. The highest BCUT2D eigenvalue weighted by molar-refractivity contribution is 6.44. The molecule has 0 aliphatic rings. The first-order valence-corrected chi connectivity index (χ1v) is 8.76. The van der Waals surface area contributed by atoms with Crippen molar-refractivity contribution in [2.75, 3.05) is 5.32 Å². The van der Waals surface area contributed by atoms with Gasteiger partial charge in [0, 0.05) is 11.8 Å². The third kappa shape index (κ3) is 4.76. The van der Waals surface area contributed by atoms with Gasteiger partial charge in [-0.05, 0) is 23.8 Å². The highest BCUT2D eigenvalue weighted by Gasteiger charge is 2.13. The van der Waals surface area contributed by atoms with E-state index in [0.717, 1.165) is 5.56 Å². The quantitative estimate of drug-likeness (QED) is 0.497. The van der Waals surface area contributed by atoms with Crippen molar-refractivity contribution in [3.63, 3.8) is 0 Å². The average Bonchev–Trinajstić information content (AvgIpc) is 3.11. The lowest BCUT2D eigenvalue weighted by molar-refractivity contribution is -0.112. The topological polar surface area (TPSA) is 70.7 Å². The van der Waals surface area contributed by atoms with Crippen molar-refractivity contribution in [2.24, 2.45) is 0 Å². The number of nitrogens with one attached hydrogen (secondary N) is 1. The molecule has 1 aromatic heterocycles. The Hall–Kier alpha value is -3.07. The Balaban J connectivity index is 1.75. The van der Waals surface area contributed by atoms with Crippen LogP contribution in [0.2, 0.25) is 10.0 Å². The molecular formula is C20H14Cl2N4O. The lowest BCUT2D eigenvalue weighted by atomic mass is 10.2. The Morgan fingerprint density at radius 2 is 1.96 bits per heavy atom. The van der Waals surface area contributed by atoms with Crippen molar-refractivity contribution < 1.29 is 4.79 Å². The second-order valence-corrected chi connectivity index (χ2v) is 6.47. The Kier molecular flexibility index (Phi) is 5.92. The van der Waals surface area contributed by atoms with Crippen LogP contribution in [0.1, 0.15) is 11.1 Å². The van der Waals surface area contributed by atoms with E-state index in [2.05, 4.69) is 10.4 Å². The summed E-state index contributed by atoms with van der Waals surface area (Å²) in [5.74, 6) is -0.572. The molecule has 1 amide bonds. The molecule has 3 rings (SSSR count).